The lowest BCUT2D eigenvalue weighted by Gasteiger charge is -2.30. The molecule has 8 nitrogen and oxygen atoms in total. The first-order valence-corrected chi connectivity index (χ1v) is 13.5. The summed E-state index contributed by atoms with van der Waals surface area (Å²) >= 11 is 1.22. The van der Waals surface area contributed by atoms with E-state index < -0.39 is 15.6 Å². The lowest BCUT2D eigenvalue weighted by molar-refractivity contribution is -0.120. The van der Waals surface area contributed by atoms with Crippen LogP contribution in [0.4, 0.5) is 5.13 Å². The molecule has 0 spiro atoms. The number of nitrogens with one attached hydrogen (secondary N) is 1. The number of rotatable bonds is 5. The molecule has 4 aromatic rings. The first-order valence-electron chi connectivity index (χ1n) is 11.2. The summed E-state index contributed by atoms with van der Waals surface area (Å²) in [6.07, 6.45) is 0.840. The molecule has 0 atom stereocenters. The number of aryl methyl sites for hydroxylation is 1. The minimum absolute atomic E-state index is 0.205. The Labute approximate surface area is 206 Å². The average molecular weight is 510 g/mol. The van der Waals surface area contributed by atoms with Crippen LogP contribution in [0.1, 0.15) is 18.4 Å². The molecule has 2 aromatic carbocycles. The Morgan fingerprint density at radius 2 is 1.83 bits per heavy atom. The SMILES string of the molecule is Cc1ccc(S(=O)(=O)N2CCC(C(=O)Nc3nc(-c4cc5ccccc5oc4=O)cs3)CC2)cc1. The summed E-state index contributed by atoms with van der Waals surface area (Å²) < 4.78 is 32.6. The van der Waals surface area contributed by atoms with Crippen LogP contribution in [0.15, 0.2) is 74.1 Å². The number of sulfonamides is 1. The highest BCUT2D eigenvalue weighted by Crippen LogP contribution is 2.28. The number of amides is 1. The lowest BCUT2D eigenvalue weighted by atomic mass is 9.97. The van der Waals surface area contributed by atoms with Crippen LogP contribution in [-0.2, 0) is 14.8 Å². The number of aromatic nitrogens is 1. The molecule has 10 heteroatoms. The number of carbonyl (C=O) groups is 1. The van der Waals surface area contributed by atoms with Crippen molar-refractivity contribution in [3.63, 3.8) is 0 Å². The van der Waals surface area contributed by atoms with Crippen LogP contribution in [0.5, 0.6) is 0 Å². The summed E-state index contributed by atoms with van der Waals surface area (Å²) in [5.41, 5.74) is 1.76. The van der Waals surface area contributed by atoms with Crippen molar-refractivity contribution in [2.45, 2.75) is 24.7 Å². The quantitative estimate of drug-likeness (QED) is 0.403. The molecule has 3 heterocycles. The second-order valence-corrected chi connectivity index (χ2v) is 11.3. The topological polar surface area (TPSA) is 110 Å². The minimum Gasteiger partial charge on any atom is -0.422 e. The fourth-order valence-corrected chi connectivity index (χ4v) is 6.30. The van der Waals surface area contributed by atoms with Gasteiger partial charge in [-0.05, 0) is 44.0 Å². The van der Waals surface area contributed by atoms with Crippen LogP contribution in [-0.4, -0.2) is 36.7 Å². The van der Waals surface area contributed by atoms with Crippen molar-refractivity contribution >= 4 is 43.4 Å². The molecule has 5 rings (SSSR count). The summed E-state index contributed by atoms with van der Waals surface area (Å²) in [6.45, 7) is 2.45. The van der Waals surface area contributed by atoms with Crippen molar-refractivity contribution < 1.29 is 17.6 Å². The van der Waals surface area contributed by atoms with Gasteiger partial charge in [0.25, 0.3) is 0 Å². The Kier molecular flexibility index (Phi) is 6.26. The zero-order valence-corrected chi connectivity index (χ0v) is 20.6. The van der Waals surface area contributed by atoms with Gasteiger partial charge in [0.2, 0.25) is 15.9 Å². The van der Waals surface area contributed by atoms with Crippen molar-refractivity contribution in [1.82, 2.24) is 9.29 Å². The van der Waals surface area contributed by atoms with E-state index in [9.17, 15) is 18.0 Å². The number of thiazole rings is 1. The normalized spacial score (nSPS) is 15.3. The Hall–Kier alpha value is -3.34. The first-order chi connectivity index (χ1) is 16.8. The third-order valence-corrected chi connectivity index (χ3v) is 8.81. The van der Waals surface area contributed by atoms with Crippen LogP contribution in [0.2, 0.25) is 0 Å². The van der Waals surface area contributed by atoms with E-state index in [4.69, 9.17) is 4.42 Å². The van der Waals surface area contributed by atoms with Crippen LogP contribution >= 0.6 is 11.3 Å². The number of piperidine rings is 1. The first kappa shape index (κ1) is 23.4. The van der Waals surface area contributed by atoms with Gasteiger partial charge in [-0.3, -0.25) is 4.79 Å². The second kappa shape index (κ2) is 9.37. The summed E-state index contributed by atoms with van der Waals surface area (Å²) in [5, 5.41) is 5.69. The van der Waals surface area contributed by atoms with Crippen molar-refractivity contribution in [3.8, 4) is 11.3 Å². The molecule has 1 saturated heterocycles. The van der Waals surface area contributed by atoms with Crippen molar-refractivity contribution in [1.29, 1.82) is 0 Å². The molecular weight excluding hydrogens is 486 g/mol. The summed E-state index contributed by atoms with van der Waals surface area (Å²) in [4.78, 5) is 29.9. The monoisotopic (exact) mass is 509 g/mol. The molecule has 180 valence electrons. The van der Waals surface area contributed by atoms with E-state index in [1.54, 1.807) is 47.8 Å². The molecule has 1 aliphatic rings. The molecular formula is C25H23N3O5S2. The fraction of sp³-hybridized carbons (Fsp3) is 0.240. The molecule has 35 heavy (non-hydrogen) atoms. The van der Waals surface area contributed by atoms with Crippen molar-refractivity contribution in [3.05, 3.63) is 76.0 Å². The maximum atomic E-state index is 12.9. The number of hydrogen-bond donors (Lipinski definition) is 1. The summed E-state index contributed by atoms with van der Waals surface area (Å²) in [6, 6.07) is 15.7. The number of fused-ring (bicyclic) bond motifs is 1. The highest BCUT2D eigenvalue weighted by atomic mass is 32.2. The molecule has 1 fully saturated rings. The minimum atomic E-state index is -3.58. The molecule has 0 unspecified atom stereocenters. The van der Waals surface area contributed by atoms with Gasteiger partial charge in [-0.2, -0.15) is 4.31 Å². The van der Waals surface area contributed by atoms with Crippen molar-refractivity contribution in [2.24, 2.45) is 5.92 Å². The van der Waals surface area contributed by atoms with Gasteiger partial charge in [-0.1, -0.05) is 35.9 Å². The predicted molar refractivity (Wildman–Crippen MR) is 135 cm³/mol. The number of carbonyl (C=O) groups excluding carboxylic acids is 1. The Morgan fingerprint density at radius 1 is 1.11 bits per heavy atom. The van der Waals surface area contributed by atoms with E-state index in [0.29, 0.717) is 34.8 Å². The van der Waals surface area contributed by atoms with Gasteiger partial charge in [-0.25, -0.2) is 18.2 Å². The Balaban J connectivity index is 1.24. The van der Waals surface area contributed by atoms with E-state index in [0.717, 1.165) is 10.9 Å². The van der Waals surface area contributed by atoms with Gasteiger partial charge in [0.1, 0.15) is 5.58 Å². The molecule has 1 N–H and O–H groups in total. The molecule has 0 bridgehead atoms. The lowest BCUT2D eigenvalue weighted by Crippen LogP contribution is -2.41. The smallest absolute Gasteiger partial charge is 0.345 e. The number of nitrogens with zero attached hydrogens (tertiary/aromatic N) is 2. The molecule has 0 aliphatic carbocycles. The molecule has 0 radical (unpaired) electrons. The van der Waals surface area contributed by atoms with Crippen molar-refractivity contribution in [2.75, 3.05) is 18.4 Å². The predicted octanol–water partition coefficient (Wildman–Crippen LogP) is 4.26. The Bertz CT molecular complexity index is 1550. The number of hydrogen-bond acceptors (Lipinski definition) is 7. The van der Waals surface area contributed by atoms with Gasteiger partial charge in [0, 0.05) is 29.8 Å². The summed E-state index contributed by atoms with van der Waals surface area (Å²) in [5.74, 6) is -0.526. The van der Waals surface area contributed by atoms with E-state index in [1.807, 2.05) is 19.1 Å². The highest BCUT2D eigenvalue weighted by molar-refractivity contribution is 7.89. The van der Waals surface area contributed by atoms with Crippen LogP contribution in [0.3, 0.4) is 0 Å². The third-order valence-electron chi connectivity index (χ3n) is 6.14. The van der Waals surface area contributed by atoms with Gasteiger partial charge >= 0.3 is 5.63 Å². The molecule has 1 aliphatic heterocycles. The zero-order valence-electron chi connectivity index (χ0n) is 18.9. The van der Waals surface area contributed by atoms with E-state index in [2.05, 4.69) is 10.3 Å². The standard InChI is InChI=1S/C25H23N3O5S2/c1-16-6-8-19(9-7-16)35(31,32)28-12-10-17(11-13-28)23(29)27-25-26-21(15-34-25)20-14-18-4-2-3-5-22(18)33-24(20)30/h2-9,14-15,17H,10-13H2,1H3,(H,26,27,29). The average Bonchev–Trinajstić information content (AvgIpc) is 3.32. The maximum Gasteiger partial charge on any atom is 0.345 e. The van der Waals surface area contributed by atoms with E-state index in [-0.39, 0.29) is 29.8 Å². The third kappa shape index (κ3) is 4.77. The zero-order chi connectivity index (χ0) is 24.6. The highest BCUT2D eigenvalue weighted by Gasteiger charge is 2.32. The largest absolute Gasteiger partial charge is 0.422 e. The molecule has 0 saturated carbocycles. The van der Waals surface area contributed by atoms with Crippen LogP contribution < -0.4 is 10.9 Å². The molecule has 1 amide bonds. The summed E-state index contributed by atoms with van der Waals surface area (Å²) in [7, 11) is -3.58. The number of para-hydroxylation sites is 1. The van der Waals surface area contributed by atoms with E-state index >= 15 is 0 Å². The van der Waals surface area contributed by atoms with E-state index in [1.165, 1.54) is 15.6 Å². The maximum absolute atomic E-state index is 12.9. The van der Waals surface area contributed by atoms with Gasteiger partial charge < -0.3 is 9.73 Å². The number of benzene rings is 2. The molecule has 2 aromatic heterocycles. The number of anilines is 1. The van der Waals surface area contributed by atoms with Gasteiger partial charge in [-0.15, -0.1) is 11.3 Å². The second-order valence-electron chi connectivity index (χ2n) is 8.50. The van der Waals surface area contributed by atoms with Gasteiger partial charge in [0.05, 0.1) is 16.2 Å². The Morgan fingerprint density at radius 3 is 2.57 bits per heavy atom. The van der Waals surface area contributed by atoms with Crippen LogP contribution in [0.25, 0.3) is 22.2 Å². The van der Waals surface area contributed by atoms with Crippen LogP contribution in [0, 0.1) is 12.8 Å². The van der Waals surface area contributed by atoms with Gasteiger partial charge in [0.15, 0.2) is 5.13 Å². The fourth-order valence-electron chi connectivity index (χ4n) is 4.12.